The molecule has 1 aromatic heterocycles. The molecule has 1 amide bonds. The van der Waals surface area contributed by atoms with Crippen molar-refractivity contribution in [2.24, 2.45) is 0 Å². The van der Waals surface area contributed by atoms with Gasteiger partial charge in [-0.25, -0.2) is 4.79 Å². The number of carbonyl (C=O) groups is 2. The summed E-state index contributed by atoms with van der Waals surface area (Å²) in [6, 6.07) is 12.0. The molecule has 3 N–H and O–H groups in total. The fourth-order valence-electron chi connectivity index (χ4n) is 5.50. The van der Waals surface area contributed by atoms with Crippen molar-refractivity contribution in [1.29, 1.82) is 0 Å². The first-order valence-corrected chi connectivity index (χ1v) is 12.9. The van der Waals surface area contributed by atoms with Crippen molar-refractivity contribution >= 4 is 23.3 Å². The molecule has 3 aromatic rings. The highest BCUT2D eigenvalue weighted by Crippen LogP contribution is 2.45. The number of nitrogens with one attached hydrogen (secondary N) is 2. The van der Waals surface area contributed by atoms with Crippen molar-refractivity contribution in [2.45, 2.75) is 56.8 Å². The van der Waals surface area contributed by atoms with Crippen LogP contribution in [-0.4, -0.2) is 43.3 Å². The lowest BCUT2D eigenvalue weighted by molar-refractivity contribution is -0.139. The van der Waals surface area contributed by atoms with E-state index in [1.807, 2.05) is 12.1 Å². The fourth-order valence-corrected chi connectivity index (χ4v) is 5.50. The summed E-state index contributed by atoms with van der Waals surface area (Å²) in [6.07, 6.45) is 9.33. The van der Waals surface area contributed by atoms with Crippen LogP contribution in [0.3, 0.4) is 0 Å². The number of fused-ring (bicyclic) bond motifs is 1. The number of methoxy groups -OCH3 is 2. The maximum absolute atomic E-state index is 13.2. The molecule has 200 valence electrons. The summed E-state index contributed by atoms with van der Waals surface area (Å²) in [4.78, 5) is 27.6. The number of aliphatic carboxylic acids is 1. The Bertz CT molecular complexity index is 1290. The summed E-state index contributed by atoms with van der Waals surface area (Å²) in [5, 5.41) is 16.1. The highest BCUT2D eigenvalue weighted by molar-refractivity contribution is 5.99. The molecular weight excluding hydrogens is 486 g/mol. The molecule has 1 saturated carbocycles. The van der Waals surface area contributed by atoms with Crippen LogP contribution in [0.2, 0.25) is 0 Å². The van der Waals surface area contributed by atoms with Gasteiger partial charge in [0.05, 0.1) is 38.1 Å². The van der Waals surface area contributed by atoms with Gasteiger partial charge in [0.1, 0.15) is 12.2 Å². The number of rotatable bonds is 9. The average Bonchev–Trinajstić information content (AvgIpc) is 3.60. The molecule has 1 aliphatic carbocycles. The number of furan rings is 1. The largest absolute Gasteiger partial charge is 0.493 e. The van der Waals surface area contributed by atoms with Gasteiger partial charge in [0, 0.05) is 23.6 Å². The summed E-state index contributed by atoms with van der Waals surface area (Å²) in [5.41, 5.74) is 4.02. The Morgan fingerprint density at radius 3 is 2.55 bits per heavy atom. The third kappa shape index (κ3) is 5.14. The normalized spacial score (nSPS) is 17.8. The highest BCUT2D eigenvalue weighted by atomic mass is 16.5. The van der Waals surface area contributed by atoms with Gasteiger partial charge in [-0.1, -0.05) is 25.3 Å². The highest BCUT2D eigenvalue weighted by Gasteiger charge is 2.36. The first-order chi connectivity index (χ1) is 18.5. The van der Waals surface area contributed by atoms with Crippen molar-refractivity contribution < 1.29 is 28.6 Å². The lowest BCUT2D eigenvalue weighted by Gasteiger charge is -2.36. The van der Waals surface area contributed by atoms with Gasteiger partial charge in [-0.2, -0.15) is 0 Å². The number of hydrogen-bond donors (Lipinski definition) is 3. The predicted molar refractivity (Wildman–Crippen MR) is 143 cm³/mol. The molecular formula is C29H33N3O6. The number of ether oxygens (including phenoxy) is 2. The minimum Gasteiger partial charge on any atom is -0.493 e. The number of carboxylic acids is 1. The number of anilines is 2. The van der Waals surface area contributed by atoms with Gasteiger partial charge in [-0.15, -0.1) is 0 Å². The van der Waals surface area contributed by atoms with Gasteiger partial charge in [0.2, 0.25) is 0 Å². The molecule has 2 atom stereocenters. The van der Waals surface area contributed by atoms with E-state index in [1.54, 1.807) is 42.9 Å². The molecule has 0 spiro atoms. The molecule has 2 heterocycles. The zero-order valence-electron chi connectivity index (χ0n) is 21.6. The van der Waals surface area contributed by atoms with Crippen LogP contribution in [0, 0.1) is 0 Å². The Morgan fingerprint density at radius 2 is 1.87 bits per heavy atom. The average molecular weight is 520 g/mol. The monoisotopic (exact) mass is 519 g/mol. The third-order valence-electron chi connectivity index (χ3n) is 7.43. The van der Waals surface area contributed by atoms with E-state index in [1.165, 1.54) is 33.5 Å². The molecule has 2 aliphatic rings. The van der Waals surface area contributed by atoms with E-state index in [-0.39, 0.29) is 12.6 Å². The van der Waals surface area contributed by atoms with E-state index >= 15 is 0 Å². The Balaban J connectivity index is 1.35. The Morgan fingerprint density at radius 1 is 1.08 bits per heavy atom. The molecule has 9 nitrogen and oxygen atoms in total. The molecule has 0 saturated heterocycles. The number of carbonyl (C=O) groups excluding carboxylic acids is 1. The summed E-state index contributed by atoms with van der Waals surface area (Å²) in [5.74, 6) is -0.511. The van der Waals surface area contributed by atoms with Crippen LogP contribution in [0.4, 0.5) is 11.4 Å². The molecule has 9 heteroatoms. The van der Waals surface area contributed by atoms with Crippen molar-refractivity contribution in [3.05, 3.63) is 71.7 Å². The van der Waals surface area contributed by atoms with Gasteiger partial charge in [-0.3, -0.25) is 4.79 Å². The van der Waals surface area contributed by atoms with Gasteiger partial charge in [0.25, 0.3) is 5.91 Å². The second-order valence-corrected chi connectivity index (χ2v) is 9.79. The number of carboxylic acid groups (broad SMARTS) is 1. The summed E-state index contributed by atoms with van der Waals surface area (Å²) in [6.45, 7) is 0. The van der Waals surface area contributed by atoms with Crippen LogP contribution in [0.15, 0.2) is 59.4 Å². The quantitative estimate of drug-likeness (QED) is 0.363. The molecule has 0 bridgehead atoms. The maximum atomic E-state index is 13.2. The van der Waals surface area contributed by atoms with E-state index in [4.69, 9.17) is 13.9 Å². The second kappa shape index (κ2) is 11.1. The Kier molecular flexibility index (Phi) is 7.44. The fraction of sp³-hybridized carbons (Fsp3) is 0.379. The van der Waals surface area contributed by atoms with E-state index in [0.29, 0.717) is 28.7 Å². The minimum atomic E-state index is -1.11. The van der Waals surface area contributed by atoms with Crippen LogP contribution < -0.4 is 25.0 Å². The molecule has 1 fully saturated rings. The van der Waals surface area contributed by atoms with E-state index in [2.05, 4.69) is 15.5 Å². The summed E-state index contributed by atoms with van der Waals surface area (Å²) >= 11 is 0. The van der Waals surface area contributed by atoms with Gasteiger partial charge >= 0.3 is 5.97 Å². The smallest absolute Gasteiger partial charge is 0.326 e. The molecule has 0 radical (unpaired) electrons. The van der Waals surface area contributed by atoms with Crippen LogP contribution in [-0.2, 0) is 11.2 Å². The number of amides is 1. The van der Waals surface area contributed by atoms with E-state index in [0.717, 1.165) is 29.8 Å². The lowest BCUT2D eigenvalue weighted by Crippen LogP contribution is -2.42. The van der Waals surface area contributed by atoms with Gasteiger partial charge in [-0.05, 0) is 54.8 Å². The molecule has 2 unspecified atom stereocenters. The van der Waals surface area contributed by atoms with Crippen LogP contribution in [0.5, 0.6) is 11.5 Å². The van der Waals surface area contributed by atoms with E-state index < -0.39 is 17.9 Å². The molecule has 5 rings (SSSR count). The van der Waals surface area contributed by atoms with Crippen molar-refractivity contribution in [1.82, 2.24) is 5.32 Å². The van der Waals surface area contributed by atoms with Crippen molar-refractivity contribution in [2.75, 3.05) is 24.4 Å². The maximum Gasteiger partial charge on any atom is 0.326 e. The number of benzene rings is 2. The zero-order valence-corrected chi connectivity index (χ0v) is 21.6. The first-order valence-electron chi connectivity index (χ1n) is 12.9. The zero-order chi connectivity index (χ0) is 26.6. The first kappa shape index (κ1) is 25.5. The predicted octanol–water partition coefficient (Wildman–Crippen LogP) is 4.99. The SMILES string of the molecule is COc1ccc(CC(NC(=O)c2ccc3c(c2)NC(c2ccoc2)N3C2CCCCC2)C(=O)O)cc1OC. The molecule has 38 heavy (non-hydrogen) atoms. The molecule has 2 aromatic carbocycles. The second-order valence-electron chi connectivity index (χ2n) is 9.79. The standard InChI is InChI=1S/C29H33N3O6/c1-36-25-11-8-18(15-26(25)37-2)14-23(29(34)35)31-28(33)19-9-10-24-22(16-19)30-27(20-12-13-38-17-20)32(24)21-6-4-3-5-7-21/h8-13,15-17,21,23,27,30H,3-7,14H2,1-2H3,(H,31,33)(H,34,35). The Labute approximate surface area is 221 Å². The lowest BCUT2D eigenvalue weighted by atomic mass is 9.93. The van der Waals surface area contributed by atoms with Crippen molar-refractivity contribution in [3.63, 3.8) is 0 Å². The van der Waals surface area contributed by atoms with Crippen LogP contribution in [0.1, 0.15) is 59.8 Å². The Hall–Kier alpha value is -4.14. The topological polar surface area (TPSA) is 113 Å². The summed E-state index contributed by atoms with van der Waals surface area (Å²) < 4.78 is 15.9. The number of nitrogens with zero attached hydrogens (tertiary/aromatic N) is 1. The summed E-state index contributed by atoms with van der Waals surface area (Å²) in [7, 11) is 3.06. The number of hydrogen-bond acceptors (Lipinski definition) is 7. The minimum absolute atomic E-state index is 0.0815. The third-order valence-corrected chi connectivity index (χ3v) is 7.43. The van der Waals surface area contributed by atoms with Crippen LogP contribution in [0.25, 0.3) is 0 Å². The van der Waals surface area contributed by atoms with Gasteiger partial charge in [0.15, 0.2) is 11.5 Å². The van der Waals surface area contributed by atoms with Gasteiger partial charge < -0.3 is 34.5 Å². The van der Waals surface area contributed by atoms with E-state index in [9.17, 15) is 14.7 Å². The van der Waals surface area contributed by atoms with Crippen molar-refractivity contribution in [3.8, 4) is 11.5 Å². The van der Waals surface area contributed by atoms with Crippen LogP contribution >= 0.6 is 0 Å². The molecule has 1 aliphatic heterocycles.